The van der Waals surface area contributed by atoms with Crippen molar-refractivity contribution in [3.8, 4) is 0 Å². The lowest BCUT2D eigenvalue weighted by molar-refractivity contribution is 0.103. The number of halogens is 3. The third kappa shape index (κ3) is 2.06. The average molecular weight is 307 g/mol. The molecule has 0 spiro atoms. The number of nitrogens with one attached hydrogen (secondary N) is 1. The Morgan fingerprint density at radius 1 is 1.19 bits per heavy atom. The van der Waals surface area contributed by atoms with Crippen LogP contribution in [0.15, 0.2) is 36.5 Å². The van der Waals surface area contributed by atoms with Gasteiger partial charge < -0.3 is 10.7 Å². The summed E-state index contributed by atoms with van der Waals surface area (Å²) in [5.41, 5.74) is 5.13. The zero-order valence-corrected chi connectivity index (χ0v) is 11.3. The van der Waals surface area contributed by atoms with E-state index in [1.807, 2.05) is 0 Å². The van der Waals surface area contributed by atoms with Crippen LogP contribution in [0.4, 0.5) is 14.5 Å². The maximum absolute atomic E-state index is 14.0. The highest BCUT2D eigenvalue weighted by molar-refractivity contribution is 6.37. The van der Waals surface area contributed by atoms with Crippen LogP contribution in [0.3, 0.4) is 0 Å². The van der Waals surface area contributed by atoms with E-state index in [9.17, 15) is 13.6 Å². The largest absolute Gasteiger partial charge is 0.396 e. The molecule has 0 amide bonds. The number of hydrogen-bond donors (Lipinski definition) is 2. The third-order valence-corrected chi connectivity index (χ3v) is 3.56. The van der Waals surface area contributed by atoms with Crippen LogP contribution in [-0.4, -0.2) is 10.8 Å². The minimum Gasteiger partial charge on any atom is -0.396 e. The van der Waals surface area contributed by atoms with E-state index < -0.39 is 23.0 Å². The van der Waals surface area contributed by atoms with Crippen LogP contribution in [-0.2, 0) is 0 Å². The van der Waals surface area contributed by atoms with Crippen LogP contribution >= 0.6 is 11.6 Å². The molecule has 0 saturated carbocycles. The van der Waals surface area contributed by atoms with Gasteiger partial charge in [-0.05, 0) is 24.3 Å². The number of H-pyrrole nitrogens is 1. The van der Waals surface area contributed by atoms with E-state index in [0.717, 1.165) is 12.1 Å². The molecule has 2 aromatic carbocycles. The molecule has 1 aromatic heterocycles. The van der Waals surface area contributed by atoms with Crippen LogP contribution in [0.2, 0.25) is 5.02 Å². The van der Waals surface area contributed by atoms with Crippen molar-refractivity contribution in [2.75, 3.05) is 5.73 Å². The van der Waals surface area contributed by atoms with Gasteiger partial charge in [0.2, 0.25) is 5.78 Å². The normalized spacial score (nSPS) is 11.0. The fourth-order valence-electron chi connectivity index (χ4n) is 2.23. The van der Waals surface area contributed by atoms with Crippen molar-refractivity contribution in [1.29, 1.82) is 0 Å². The van der Waals surface area contributed by atoms with Gasteiger partial charge in [0.1, 0.15) is 5.82 Å². The van der Waals surface area contributed by atoms with Gasteiger partial charge in [0, 0.05) is 22.7 Å². The van der Waals surface area contributed by atoms with Crippen molar-refractivity contribution < 1.29 is 13.6 Å². The molecule has 0 atom stereocenters. The number of benzene rings is 2. The summed E-state index contributed by atoms with van der Waals surface area (Å²) in [6.45, 7) is 0. The Hall–Kier alpha value is -2.40. The minimum atomic E-state index is -1.07. The first kappa shape index (κ1) is 13.6. The highest BCUT2D eigenvalue weighted by Gasteiger charge is 2.24. The van der Waals surface area contributed by atoms with Gasteiger partial charge in [-0.1, -0.05) is 17.7 Å². The van der Waals surface area contributed by atoms with Gasteiger partial charge >= 0.3 is 0 Å². The maximum atomic E-state index is 14.0. The quantitative estimate of drug-likeness (QED) is 0.557. The van der Waals surface area contributed by atoms with Crippen molar-refractivity contribution in [2.24, 2.45) is 0 Å². The second kappa shape index (κ2) is 4.86. The number of aromatic nitrogens is 1. The van der Waals surface area contributed by atoms with E-state index in [1.54, 1.807) is 18.2 Å². The number of carbonyl (C=O) groups excluding carboxylic acids is 1. The first-order chi connectivity index (χ1) is 10.0. The molecule has 3 nitrogen and oxygen atoms in total. The minimum absolute atomic E-state index is 0.0963. The fourth-order valence-corrected chi connectivity index (χ4v) is 2.51. The Morgan fingerprint density at radius 3 is 2.71 bits per heavy atom. The zero-order chi connectivity index (χ0) is 15.1. The van der Waals surface area contributed by atoms with E-state index in [0.29, 0.717) is 15.9 Å². The Kier molecular flexibility index (Phi) is 3.14. The standard InChI is InChI=1S/C15H9ClF2N2O/c16-8-2-1-3-11-12(8)7(6-20-11)15(21)13-9(17)4-5-10(19)14(13)18/h1-6,20H,19H2. The summed E-state index contributed by atoms with van der Waals surface area (Å²) in [6.07, 6.45) is 1.38. The van der Waals surface area contributed by atoms with Gasteiger partial charge in [-0.15, -0.1) is 0 Å². The van der Waals surface area contributed by atoms with E-state index >= 15 is 0 Å². The number of rotatable bonds is 2. The summed E-state index contributed by atoms with van der Waals surface area (Å²) < 4.78 is 27.8. The van der Waals surface area contributed by atoms with Gasteiger partial charge in [-0.2, -0.15) is 0 Å². The predicted octanol–water partition coefficient (Wildman–Crippen LogP) is 3.91. The maximum Gasteiger partial charge on any atom is 0.201 e. The van der Waals surface area contributed by atoms with Crippen LogP contribution in [0.1, 0.15) is 15.9 Å². The molecule has 106 valence electrons. The Labute approximate surface area is 123 Å². The third-order valence-electron chi connectivity index (χ3n) is 3.25. The van der Waals surface area contributed by atoms with Gasteiger partial charge in [-0.25, -0.2) is 8.78 Å². The van der Waals surface area contributed by atoms with Crippen molar-refractivity contribution in [2.45, 2.75) is 0 Å². The Balaban J connectivity index is 2.25. The molecule has 3 N–H and O–H groups in total. The number of ketones is 1. The number of hydrogen-bond acceptors (Lipinski definition) is 2. The molecule has 3 rings (SSSR count). The molecule has 1 heterocycles. The summed E-state index contributed by atoms with van der Waals surface area (Å²) in [7, 11) is 0. The van der Waals surface area contributed by atoms with Gasteiger partial charge in [-0.3, -0.25) is 4.79 Å². The highest BCUT2D eigenvalue weighted by atomic mass is 35.5. The summed E-state index contributed by atoms with van der Waals surface area (Å²) >= 11 is 6.06. The summed E-state index contributed by atoms with van der Waals surface area (Å²) in [5.74, 6) is -2.84. The first-order valence-electron chi connectivity index (χ1n) is 6.04. The lowest BCUT2D eigenvalue weighted by atomic mass is 10.0. The van der Waals surface area contributed by atoms with Crippen LogP contribution in [0.25, 0.3) is 10.9 Å². The van der Waals surface area contributed by atoms with Crippen molar-refractivity contribution >= 4 is 34.0 Å². The number of nitrogen functional groups attached to an aromatic ring is 1. The van der Waals surface area contributed by atoms with Crippen LogP contribution < -0.4 is 5.73 Å². The summed E-state index contributed by atoms with van der Waals surface area (Å²) in [6, 6.07) is 7.05. The van der Waals surface area contributed by atoms with E-state index in [2.05, 4.69) is 4.98 Å². The smallest absolute Gasteiger partial charge is 0.201 e. The average Bonchev–Trinajstić information content (AvgIpc) is 2.88. The molecular formula is C15H9ClF2N2O. The molecule has 0 aliphatic rings. The molecule has 21 heavy (non-hydrogen) atoms. The molecule has 0 saturated heterocycles. The topological polar surface area (TPSA) is 58.9 Å². The Morgan fingerprint density at radius 2 is 1.95 bits per heavy atom. The molecule has 3 aromatic rings. The van der Waals surface area contributed by atoms with Gasteiger partial charge in [0.15, 0.2) is 5.82 Å². The number of anilines is 1. The summed E-state index contributed by atoms with van der Waals surface area (Å²) in [5, 5.41) is 0.743. The van der Waals surface area contributed by atoms with E-state index in [1.165, 1.54) is 6.20 Å². The van der Waals surface area contributed by atoms with Gasteiger partial charge in [0.05, 0.1) is 16.3 Å². The van der Waals surface area contributed by atoms with E-state index in [-0.39, 0.29) is 11.3 Å². The van der Waals surface area contributed by atoms with Crippen LogP contribution in [0.5, 0.6) is 0 Å². The number of fused-ring (bicyclic) bond motifs is 1. The monoisotopic (exact) mass is 306 g/mol. The molecule has 0 fully saturated rings. The lowest BCUT2D eigenvalue weighted by Crippen LogP contribution is -2.09. The van der Waals surface area contributed by atoms with Gasteiger partial charge in [0.25, 0.3) is 0 Å². The van der Waals surface area contributed by atoms with Crippen molar-refractivity contribution in [3.63, 3.8) is 0 Å². The SMILES string of the molecule is Nc1ccc(F)c(C(=O)c2c[nH]c3cccc(Cl)c23)c1F. The van der Waals surface area contributed by atoms with Crippen LogP contribution in [0, 0.1) is 11.6 Å². The second-order valence-corrected chi connectivity index (χ2v) is 4.93. The molecular weight excluding hydrogens is 298 g/mol. The number of aromatic amines is 1. The molecule has 0 bridgehead atoms. The fraction of sp³-hybridized carbons (Fsp3) is 0. The molecule has 0 unspecified atom stereocenters. The first-order valence-corrected chi connectivity index (χ1v) is 6.42. The predicted molar refractivity (Wildman–Crippen MR) is 77.5 cm³/mol. The second-order valence-electron chi connectivity index (χ2n) is 4.52. The Bertz CT molecular complexity index is 873. The van der Waals surface area contributed by atoms with Crippen molar-refractivity contribution in [1.82, 2.24) is 4.98 Å². The molecule has 0 aliphatic heterocycles. The molecule has 6 heteroatoms. The van der Waals surface area contributed by atoms with Crippen molar-refractivity contribution in [3.05, 3.63) is 64.3 Å². The van der Waals surface area contributed by atoms with E-state index in [4.69, 9.17) is 17.3 Å². The molecule has 0 aliphatic carbocycles. The lowest BCUT2D eigenvalue weighted by Gasteiger charge is -2.06. The zero-order valence-electron chi connectivity index (χ0n) is 10.6. The summed E-state index contributed by atoms with van der Waals surface area (Å²) in [4.78, 5) is 15.3. The number of carbonyl (C=O) groups is 1. The highest BCUT2D eigenvalue weighted by Crippen LogP contribution is 2.30. The number of nitrogens with two attached hydrogens (primary N) is 1. The molecule has 0 radical (unpaired) electrons.